The molecular weight excluding hydrogens is 585 g/mol. The first kappa shape index (κ1) is 26.3. The summed E-state index contributed by atoms with van der Waals surface area (Å²) in [5, 5.41) is 3.63. The Labute approximate surface area is 279 Å². The number of hydrogen-bond acceptors (Lipinski definition) is 2. The van der Waals surface area contributed by atoms with Crippen LogP contribution in [-0.2, 0) is 5.41 Å². The molecule has 0 N–H and O–H groups in total. The Bertz CT molecular complexity index is 2700. The lowest BCUT2D eigenvalue weighted by molar-refractivity contribution is 0.660. The second-order valence-corrected chi connectivity index (χ2v) is 14.1. The summed E-state index contributed by atoms with van der Waals surface area (Å²) < 4.78 is 8.94. The van der Waals surface area contributed by atoms with Crippen molar-refractivity contribution in [1.29, 1.82) is 0 Å². The Kier molecular flexibility index (Phi) is 5.02. The van der Waals surface area contributed by atoms with Gasteiger partial charge < -0.3 is 13.9 Å². The highest BCUT2D eigenvalue weighted by Gasteiger charge is 2.37. The van der Waals surface area contributed by atoms with Gasteiger partial charge in [-0.15, -0.1) is 0 Å². The van der Waals surface area contributed by atoms with E-state index in [1.165, 1.54) is 55.7 Å². The molecule has 3 aliphatic rings. The van der Waals surface area contributed by atoms with E-state index in [1.807, 2.05) is 6.07 Å². The van der Waals surface area contributed by atoms with Crippen molar-refractivity contribution in [2.75, 3.05) is 4.90 Å². The zero-order valence-corrected chi connectivity index (χ0v) is 26.9. The molecule has 1 atom stereocenters. The zero-order valence-electron chi connectivity index (χ0n) is 26.9. The number of allylic oxidation sites excluding steroid dienone is 1. The first-order valence-electron chi connectivity index (χ1n) is 17.0. The van der Waals surface area contributed by atoms with Crippen LogP contribution in [0.1, 0.15) is 54.1 Å². The maximum absolute atomic E-state index is 6.43. The zero-order chi connectivity index (χ0) is 31.7. The predicted molar refractivity (Wildman–Crippen MR) is 198 cm³/mol. The highest BCUT2D eigenvalue weighted by Crippen LogP contribution is 2.53. The molecule has 8 aromatic rings. The maximum Gasteiger partial charge on any atom is 0.137 e. The van der Waals surface area contributed by atoms with E-state index in [4.69, 9.17) is 4.42 Å². The van der Waals surface area contributed by atoms with Crippen LogP contribution >= 0.6 is 0 Å². The van der Waals surface area contributed by atoms with Crippen LogP contribution in [0, 0.1) is 0 Å². The van der Waals surface area contributed by atoms with E-state index in [-0.39, 0.29) is 5.41 Å². The number of fused-ring (bicyclic) bond motifs is 12. The van der Waals surface area contributed by atoms with Gasteiger partial charge in [-0.25, -0.2) is 0 Å². The molecule has 0 bridgehead atoms. The highest BCUT2D eigenvalue weighted by atomic mass is 16.3. The summed E-state index contributed by atoms with van der Waals surface area (Å²) in [6.07, 6.45) is 5.70. The standard InChI is InChI=1S/C45H32N2O/c1-45(2)38-15-6-3-10-30(38)31-21-18-28(25-39(31)45)46(29-19-22-34-33-12-5-8-17-42(33)48-43(34)26-29)27-20-23-41-37(24-27)36-14-9-13-35-32-11-4-7-16-40(32)47(41)44(35)36/h3-13,15-26,36H,14H2,1-2H3. The molecule has 3 nitrogen and oxygen atoms in total. The van der Waals surface area contributed by atoms with Gasteiger partial charge in [0.15, 0.2) is 0 Å². The molecule has 3 heteroatoms. The lowest BCUT2D eigenvalue weighted by atomic mass is 9.82. The lowest BCUT2D eigenvalue weighted by Gasteiger charge is -2.29. The Hall–Kier alpha value is -5.80. The quantitative estimate of drug-likeness (QED) is 0.197. The van der Waals surface area contributed by atoms with Gasteiger partial charge in [-0.3, -0.25) is 0 Å². The number of rotatable bonds is 3. The minimum atomic E-state index is -0.0936. The van der Waals surface area contributed by atoms with Gasteiger partial charge in [0.1, 0.15) is 11.2 Å². The number of furan rings is 1. The summed E-state index contributed by atoms with van der Waals surface area (Å²) in [6.45, 7) is 4.71. The number of hydrogen-bond donors (Lipinski definition) is 0. The van der Waals surface area contributed by atoms with Gasteiger partial charge in [0.25, 0.3) is 0 Å². The summed E-state index contributed by atoms with van der Waals surface area (Å²) in [5.74, 6) is 0.334. The highest BCUT2D eigenvalue weighted by molar-refractivity contribution is 6.06. The number of benzene rings is 6. The van der Waals surface area contributed by atoms with Gasteiger partial charge in [0.2, 0.25) is 0 Å². The van der Waals surface area contributed by atoms with E-state index in [0.717, 1.165) is 45.4 Å². The van der Waals surface area contributed by atoms with Crippen molar-refractivity contribution in [3.8, 4) is 16.8 Å². The minimum Gasteiger partial charge on any atom is -0.456 e. The predicted octanol–water partition coefficient (Wildman–Crippen LogP) is 12.2. The van der Waals surface area contributed by atoms with Crippen molar-refractivity contribution in [3.05, 3.63) is 161 Å². The first-order chi connectivity index (χ1) is 23.6. The Balaban J connectivity index is 1.13. The fourth-order valence-corrected chi connectivity index (χ4v) is 9.07. The third kappa shape index (κ3) is 3.33. The summed E-state index contributed by atoms with van der Waals surface area (Å²) in [7, 11) is 0. The third-order valence-corrected chi connectivity index (χ3v) is 11.3. The third-order valence-electron chi connectivity index (χ3n) is 11.3. The van der Waals surface area contributed by atoms with E-state index in [9.17, 15) is 0 Å². The van der Waals surface area contributed by atoms with E-state index < -0.39 is 0 Å². The number of nitrogens with zero attached hydrogens (tertiary/aromatic N) is 2. The van der Waals surface area contributed by atoms with Crippen LogP contribution in [0.25, 0.3) is 55.7 Å². The van der Waals surface area contributed by atoms with Crippen LogP contribution in [-0.4, -0.2) is 4.57 Å². The molecule has 48 heavy (non-hydrogen) atoms. The fourth-order valence-electron chi connectivity index (χ4n) is 9.07. The van der Waals surface area contributed by atoms with Gasteiger partial charge in [0, 0.05) is 67.6 Å². The number of aromatic nitrogens is 1. The molecule has 2 aliphatic carbocycles. The van der Waals surface area contributed by atoms with Gasteiger partial charge in [0.05, 0.1) is 5.52 Å². The molecule has 0 saturated carbocycles. The monoisotopic (exact) mass is 616 g/mol. The molecule has 0 spiro atoms. The van der Waals surface area contributed by atoms with Gasteiger partial charge in [-0.1, -0.05) is 92.7 Å². The topological polar surface area (TPSA) is 21.3 Å². The Morgan fingerprint density at radius 2 is 1.35 bits per heavy atom. The van der Waals surface area contributed by atoms with Crippen LogP contribution in [0.3, 0.4) is 0 Å². The van der Waals surface area contributed by atoms with E-state index in [1.54, 1.807) is 0 Å². The van der Waals surface area contributed by atoms with Crippen molar-refractivity contribution in [2.24, 2.45) is 0 Å². The average molecular weight is 617 g/mol. The minimum absolute atomic E-state index is 0.0936. The van der Waals surface area contributed by atoms with Crippen LogP contribution < -0.4 is 4.90 Å². The molecule has 1 unspecified atom stereocenters. The fraction of sp³-hybridized carbons (Fsp3) is 0.111. The smallest absolute Gasteiger partial charge is 0.137 e. The molecule has 0 saturated heterocycles. The lowest BCUT2D eigenvalue weighted by Crippen LogP contribution is -2.16. The van der Waals surface area contributed by atoms with Crippen molar-refractivity contribution in [1.82, 2.24) is 4.57 Å². The molecule has 2 aromatic heterocycles. The molecule has 228 valence electrons. The van der Waals surface area contributed by atoms with Crippen LogP contribution in [0.4, 0.5) is 17.1 Å². The normalized spacial score (nSPS) is 16.3. The second-order valence-electron chi connectivity index (χ2n) is 14.1. The van der Waals surface area contributed by atoms with Crippen molar-refractivity contribution >= 4 is 56.0 Å². The summed E-state index contributed by atoms with van der Waals surface area (Å²) in [4.78, 5) is 2.43. The molecule has 1 aliphatic heterocycles. The molecule has 0 amide bonds. The molecule has 0 fully saturated rings. The van der Waals surface area contributed by atoms with Crippen LogP contribution in [0.2, 0.25) is 0 Å². The number of anilines is 3. The first-order valence-corrected chi connectivity index (χ1v) is 17.0. The van der Waals surface area contributed by atoms with Gasteiger partial charge >= 0.3 is 0 Å². The second kappa shape index (κ2) is 9.17. The Morgan fingerprint density at radius 3 is 2.29 bits per heavy atom. The largest absolute Gasteiger partial charge is 0.456 e. The molecule has 3 heterocycles. The van der Waals surface area contributed by atoms with Crippen LogP contribution in [0.5, 0.6) is 0 Å². The summed E-state index contributed by atoms with van der Waals surface area (Å²) in [6, 6.07) is 46.9. The van der Waals surface area contributed by atoms with Crippen molar-refractivity contribution < 1.29 is 4.42 Å². The molecule has 11 rings (SSSR count). The molecule has 6 aromatic carbocycles. The van der Waals surface area contributed by atoms with Crippen LogP contribution in [0.15, 0.2) is 138 Å². The Morgan fingerprint density at radius 1 is 0.646 bits per heavy atom. The maximum atomic E-state index is 6.43. The van der Waals surface area contributed by atoms with E-state index in [2.05, 4.69) is 157 Å². The van der Waals surface area contributed by atoms with E-state index in [0.29, 0.717) is 5.92 Å². The summed E-state index contributed by atoms with van der Waals surface area (Å²) in [5.41, 5.74) is 17.3. The number of para-hydroxylation sites is 2. The van der Waals surface area contributed by atoms with E-state index >= 15 is 0 Å². The van der Waals surface area contributed by atoms with Crippen molar-refractivity contribution in [3.63, 3.8) is 0 Å². The molecule has 0 radical (unpaired) electrons. The van der Waals surface area contributed by atoms with Gasteiger partial charge in [-0.2, -0.15) is 0 Å². The summed E-state index contributed by atoms with van der Waals surface area (Å²) >= 11 is 0. The average Bonchev–Trinajstić information content (AvgIpc) is 3.83. The van der Waals surface area contributed by atoms with Gasteiger partial charge in [-0.05, 0) is 88.8 Å². The van der Waals surface area contributed by atoms with Crippen molar-refractivity contribution in [2.45, 2.75) is 31.6 Å². The molecular formula is C45H32N2O. The SMILES string of the molecule is CC1(C)c2ccccc2-c2ccc(N(c3ccc4c(c3)C3CC=Cc5c3n-4c3ccccc53)c3ccc4c(c3)oc3ccccc34)cc21.